The molecule has 0 heterocycles. The molecule has 0 radical (unpaired) electrons. The van der Waals surface area contributed by atoms with Crippen LogP contribution in [-0.4, -0.2) is 37.6 Å². The topological polar surface area (TPSA) is 93.5 Å². The summed E-state index contributed by atoms with van der Waals surface area (Å²) in [6.45, 7) is 2.26. The number of hydrogen-bond acceptors (Lipinski definition) is 4. The van der Waals surface area contributed by atoms with Crippen LogP contribution in [0.3, 0.4) is 0 Å². The van der Waals surface area contributed by atoms with Crippen LogP contribution in [0, 0.1) is 11.8 Å². The van der Waals surface area contributed by atoms with Gasteiger partial charge in [0.1, 0.15) is 11.8 Å². The quantitative estimate of drug-likeness (QED) is 0.438. The lowest BCUT2D eigenvalue weighted by molar-refractivity contribution is -0.128. The van der Waals surface area contributed by atoms with Crippen molar-refractivity contribution >= 4 is 11.8 Å². The zero-order valence-corrected chi connectivity index (χ0v) is 17.5. The van der Waals surface area contributed by atoms with E-state index in [0.717, 1.165) is 29.7 Å². The number of unbranched alkanes of at least 4 members (excludes halogenated alkanes) is 1. The number of rotatable bonds is 9. The van der Waals surface area contributed by atoms with E-state index in [1.807, 2.05) is 54.6 Å². The maximum Gasteiger partial charge on any atom is 0.243 e. The molecule has 2 unspecified atom stereocenters. The molecule has 2 rings (SSSR count). The van der Waals surface area contributed by atoms with Crippen LogP contribution in [0.2, 0.25) is 0 Å². The molecule has 0 fully saturated rings. The van der Waals surface area contributed by atoms with Crippen LogP contribution in [0.1, 0.15) is 30.9 Å². The summed E-state index contributed by atoms with van der Waals surface area (Å²) >= 11 is 0. The van der Waals surface area contributed by atoms with Gasteiger partial charge < -0.3 is 21.1 Å². The second-order valence-corrected chi connectivity index (χ2v) is 6.96. The van der Waals surface area contributed by atoms with Crippen molar-refractivity contribution in [3.05, 3.63) is 65.7 Å². The molecule has 0 aromatic heterocycles. The van der Waals surface area contributed by atoms with Crippen molar-refractivity contribution in [2.75, 3.05) is 13.7 Å². The highest BCUT2D eigenvalue weighted by Crippen LogP contribution is 2.13. The minimum Gasteiger partial charge on any atom is -0.494 e. The molecule has 0 aliphatic carbocycles. The van der Waals surface area contributed by atoms with Gasteiger partial charge in [-0.05, 0) is 43.2 Å². The smallest absolute Gasteiger partial charge is 0.243 e. The summed E-state index contributed by atoms with van der Waals surface area (Å²) in [7, 11) is 1.51. The molecular weight excluding hydrogens is 378 g/mol. The van der Waals surface area contributed by atoms with Crippen LogP contribution in [0.25, 0.3) is 0 Å². The van der Waals surface area contributed by atoms with Gasteiger partial charge in [-0.15, -0.1) is 0 Å². The maximum atomic E-state index is 12.2. The van der Waals surface area contributed by atoms with Crippen LogP contribution >= 0.6 is 0 Å². The first kappa shape index (κ1) is 23.0. The van der Waals surface area contributed by atoms with Gasteiger partial charge in [-0.1, -0.05) is 42.2 Å². The first-order valence-electron chi connectivity index (χ1n) is 10.0. The number of carbonyl (C=O) groups excluding carboxylic acids is 2. The van der Waals surface area contributed by atoms with Gasteiger partial charge in [0.2, 0.25) is 11.8 Å². The largest absolute Gasteiger partial charge is 0.494 e. The maximum absolute atomic E-state index is 12.2. The van der Waals surface area contributed by atoms with Crippen molar-refractivity contribution in [2.24, 2.45) is 5.73 Å². The molecule has 2 aromatic rings. The van der Waals surface area contributed by atoms with E-state index in [9.17, 15) is 9.59 Å². The highest BCUT2D eigenvalue weighted by atomic mass is 16.5. The number of nitrogens with one attached hydrogen (secondary N) is 2. The summed E-state index contributed by atoms with van der Waals surface area (Å²) in [5.74, 6) is 6.44. The first-order chi connectivity index (χ1) is 14.5. The second-order valence-electron chi connectivity index (χ2n) is 6.96. The second kappa shape index (κ2) is 12.3. The molecule has 2 aromatic carbocycles. The molecule has 4 N–H and O–H groups in total. The molecule has 0 saturated heterocycles. The molecule has 2 atom stereocenters. The van der Waals surface area contributed by atoms with Gasteiger partial charge in [0.15, 0.2) is 0 Å². The van der Waals surface area contributed by atoms with Crippen molar-refractivity contribution in [2.45, 2.75) is 38.3 Å². The van der Waals surface area contributed by atoms with Crippen molar-refractivity contribution < 1.29 is 14.3 Å². The zero-order chi connectivity index (χ0) is 21.8. The Morgan fingerprint density at radius 1 is 1.10 bits per heavy atom. The Hall–Kier alpha value is -3.30. The molecule has 30 heavy (non-hydrogen) atoms. The van der Waals surface area contributed by atoms with E-state index in [4.69, 9.17) is 10.5 Å². The molecule has 158 valence electrons. The third-order valence-electron chi connectivity index (χ3n) is 4.38. The fraction of sp³-hybridized carbons (Fsp3) is 0.333. The van der Waals surface area contributed by atoms with Crippen molar-refractivity contribution in [1.29, 1.82) is 0 Å². The van der Waals surface area contributed by atoms with Gasteiger partial charge in [0.05, 0.1) is 13.0 Å². The lowest BCUT2D eigenvalue weighted by Crippen LogP contribution is -2.54. The van der Waals surface area contributed by atoms with Gasteiger partial charge in [-0.2, -0.15) is 0 Å². The Labute approximate surface area is 178 Å². The van der Waals surface area contributed by atoms with Crippen molar-refractivity contribution in [3.8, 4) is 17.6 Å². The van der Waals surface area contributed by atoms with Crippen LogP contribution in [0.4, 0.5) is 0 Å². The van der Waals surface area contributed by atoms with E-state index >= 15 is 0 Å². The molecule has 0 saturated carbocycles. The molecule has 6 nitrogen and oxygen atoms in total. The average molecular weight is 408 g/mol. The fourth-order valence-electron chi connectivity index (χ4n) is 2.74. The highest BCUT2D eigenvalue weighted by Gasteiger charge is 2.23. The number of nitrogens with two attached hydrogens (primary N) is 1. The summed E-state index contributed by atoms with van der Waals surface area (Å²) in [6.07, 6.45) is 1.76. The van der Waals surface area contributed by atoms with Crippen LogP contribution in [0.5, 0.6) is 5.75 Å². The van der Waals surface area contributed by atoms with E-state index in [2.05, 4.69) is 22.5 Å². The Kier molecular flexibility index (Phi) is 9.43. The molecule has 6 heteroatoms. The molecule has 2 amide bonds. The van der Waals surface area contributed by atoms with Crippen LogP contribution < -0.4 is 21.1 Å². The standard InChI is InChI=1S/C24H29N3O3/c1-18(25)23(24(29)26-2)27-22(28)17-20-12-14-21(15-13-20)30-16-8-4-7-11-19-9-5-3-6-10-19/h3,5-6,9-10,12-15,18,23H,4,8,16-17,25H2,1-2H3,(H,26,29)(H,27,28). The summed E-state index contributed by atoms with van der Waals surface area (Å²) in [4.78, 5) is 24.0. The minimum absolute atomic E-state index is 0.162. The SMILES string of the molecule is CNC(=O)C(NC(=O)Cc1ccc(OCCCC#Cc2ccccc2)cc1)C(C)N. The molecular formula is C24H29N3O3. The number of likely N-dealkylation sites (N-methyl/N-ethyl adjacent to an activating group) is 1. The highest BCUT2D eigenvalue weighted by molar-refractivity contribution is 5.88. The summed E-state index contributed by atoms with van der Waals surface area (Å²) in [5.41, 5.74) is 7.62. The van der Waals surface area contributed by atoms with E-state index in [-0.39, 0.29) is 18.2 Å². The Morgan fingerprint density at radius 2 is 1.80 bits per heavy atom. The van der Waals surface area contributed by atoms with E-state index in [1.165, 1.54) is 7.05 Å². The zero-order valence-electron chi connectivity index (χ0n) is 17.5. The Balaban J connectivity index is 1.73. The lowest BCUT2D eigenvalue weighted by atomic mass is 10.1. The third kappa shape index (κ3) is 7.98. The van der Waals surface area contributed by atoms with E-state index in [1.54, 1.807) is 6.92 Å². The summed E-state index contributed by atoms with van der Waals surface area (Å²) < 4.78 is 5.72. The van der Waals surface area contributed by atoms with Gasteiger partial charge in [0, 0.05) is 25.1 Å². The van der Waals surface area contributed by atoms with Gasteiger partial charge >= 0.3 is 0 Å². The van der Waals surface area contributed by atoms with Crippen LogP contribution in [-0.2, 0) is 16.0 Å². The van der Waals surface area contributed by atoms with Gasteiger partial charge in [-0.25, -0.2) is 0 Å². The first-order valence-corrected chi connectivity index (χ1v) is 10.0. The van der Waals surface area contributed by atoms with Gasteiger partial charge in [-0.3, -0.25) is 9.59 Å². The van der Waals surface area contributed by atoms with E-state index in [0.29, 0.717) is 6.61 Å². The number of carbonyl (C=O) groups is 2. The predicted octanol–water partition coefficient (Wildman–Crippen LogP) is 2.02. The summed E-state index contributed by atoms with van der Waals surface area (Å²) in [6, 6.07) is 16.0. The Morgan fingerprint density at radius 3 is 2.43 bits per heavy atom. The molecule has 0 aliphatic heterocycles. The number of benzene rings is 2. The number of amides is 2. The fourth-order valence-corrected chi connectivity index (χ4v) is 2.74. The molecule has 0 spiro atoms. The monoisotopic (exact) mass is 407 g/mol. The Bertz CT molecular complexity index is 868. The molecule has 0 aliphatic rings. The molecule has 0 bridgehead atoms. The average Bonchev–Trinajstić information content (AvgIpc) is 2.75. The number of ether oxygens (including phenoxy) is 1. The van der Waals surface area contributed by atoms with Crippen molar-refractivity contribution in [1.82, 2.24) is 10.6 Å². The van der Waals surface area contributed by atoms with Gasteiger partial charge in [0.25, 0.3) is 0 Å². The van der Waals surface area contributed by atoms with E-state index < -0.39 is 12.1 Å². The summed E-state index contributed by atoms with van der Waals surface area (Å²) in [5, 5.41) is 5.18. The third-order valence-corrected chi connectivity index (χ3v) is 4.38. The normalized spacial score (nSPS) is 12.1. The number of hydrogen-bond donors (Lipinski definition) is 3. The minimum atomic E-state index is -0.755. The van der Waals surface area contributed by atoms with Crippen LogP contribution in [0.15, 0.2) is 54.6 Å². The van der Waals surface area contributed by atoms with Crippen molar-refractivity contribution in [3.63, 3.8) is 0 Å². The lowest BCUT2D eigenvalue weighted by Gasteiger charge is -2.20. The predicted molar refractivity (Wildman–Crippen MR) is 118 cm³/mol.